The Labute approximate surface area is 202 Å². The van der Waals surface area contributed by atoms with Crippen LogP contribution < -0.4 is 15.0 Å². The van der Waals surface area contributed by atoms with Crippen LogP contribution in [-0.4, -0.2) is 35.9 Å². The lowest BCUT2D eigenvalue weighted by Gasteiger charge is -2.37. The van der Waals surface area contributed by atoms with Gasteiger partial charge in [-0.1, -0.05) is 61.5 Å². The van der Waals surface area contributed by atoms with Gasteiger partial charge >= 0.3 is 6.03 Å². The number of carbonyl (C=O) groups excluding carboxylic acids is 3. The summed E-state index contributed by atoms with van der Waals surface area (Å²) in [4.78, 5) is 42.7. The van der Waals surface area contributed by atoms with E-state index in [1.54, 1.807) is 30.0 Å². The van der Waals surface area contributed by atoms with Gasteiger partial charge in [-0.25, -0.2) is 9.18 Å². The average molecular weight is 474 g/mol. The van der Waals surface area contributed by atoms with Crippen molar-refractivity contribution in [1.82, 2.24) is 10.2 Å². The van der Waals surface area contributed by atoms with Gasteiger partial charge in [0.05, 0.1) is 11.7 Å². The first-order valence-corrected chi connectivity index (χ1v) is 11.4. The SMILES string of the molecule is CC[C@@]1(c2ccc(F)cc2)NC(=O)N(CC(=O)N2c3ccccc3OC[C@@H]2c2ccccc2)C1=O. The minimum atomic E-state index is -1.35. The molecule has 1 saturated heterocycles. The van der Waals surface area contributed by atoms with Crippen LogP contribution in [0.3, 0.4) is 0 Å². The maximum atomic E-state index is 13.7. The van der Waals surface area contributed by atoms with Crippen molar-refractivity contribution in [3.63, 3.8) is 0 Å². The molecule has 2 aliphatic heterocycles. The Morgan fingerprint density at radius 3 is 2.43 bits per heavy atom. The van der Waals surface area contributed by atoms with E-state index in [1.165, 1.54) is 24.3 Å². The Hall–Kier alpha value is -4.20. The monoisotopic (exact) mass is 473 g/mol. The molecule has 0 spiro atoms. The summed E-state index contributed by atoms with van der Waals surface area (Å²) in [6.07, 6.45) is 0.251. The molecule has 0 unspecified atom stereocenters. The fourth-order valence-corrected chi connectivity index (χ4v) is 4.77. The molecule has 3 aromatic carbocycles. The Kier molecular flexibility index (Phi) is 5.72. The van der Waals surface area contributed by atoms with E-state index in [0.717, 1.165) is 10.5 Å². The Morgan fingerprint density at radius 1 is 1.03 bits per heavy atom. The molecule has 2 atom stereocenters. The largest absolute Gasteiger partial charge is 0.489 e. The number of para-hydroxylation sites is 2. The van der Waals surface area contributed by atoms with Crippen molar-refractivity contribution >= 4 is 23.5 Å². The summed E-state index contributed by atoms with van der Waals surface area (Å²) >= 11 is 0. The molecule has 0 aromatic heterocycles. The van der Waals surface area contributed by atoms with Crippen molar-refractivity contribution in [2.45, 2.75) is 24.9 Å². The summed E-state index contributed by atoms with van der Waals surface area (Å²) in [5.74, 6) is -0.840. The normalized spacial score (nSPS) is 21.4. The summed E-state index contributed by atoms with van der Waals surface area (Å²) in [6, 6.07) is 21.0. The molecular formula is C27H24FN3O4. The molecule has 0 aliphatic carbocycles. The number of anilines is 1. The molecule has 2 aliphatic rings. The molecule has 0 bridgehead atoms. The topological polar surface area (TPSA) is 79.0 Å². The summed E-state index contributed by atoms with van der Waals surface area (Å²) in [5, 5.41) is 2.74. The zero-order valence-electron chi connectivity index (χ0n) is 19.1. The number of hydrogen-bond acceptors (Lipinski definition) is 4. The van der Waals surface area contributed by atoms with E-state index < -0.39 is 41.8 Å². The Morgan fingerprint density at radius 2 is 1.71 bits per heavy atom. The minimum absolute atomic E-state index is 0.237. The molecule has 8 heteroatoms. The molecular weight excluding hydrogens is 449 g/mol. The summed E-state index contributed by atoms with van der Waals surface area (Å²) in [5.41, 5.74) is 0.563. The van der Waals surface area contributed by atoms with Crippen molar-refractivity contribution in [2.24, 2.45) is 0 Å². The van der Waals surface area contributed by atoms with Crippen molar-refractivity contribution in [1.29, 1.82) is 0 Å². The van der Waals surface area contributed by atoms with Crippen molar-refractivity contribution in [2.75, 3.05) is 18.1 Å². The van der Waals surface area contributed by atoms with Crippen LogP contribution in [0, 0.1) is 5.82 Å². The highest BCUT2D eigenvalue weighted by atomic mass is 19.1. The number of ether oxygens (including phenoxy) is 1. The molecule has 1 N–H and O–H groups in total. The van der Waals surface area contributed by atoms with Crippen LogP contribution in [-0.2, 0) is 15.1 Å². The van der Waals surface area contributed by atoms with E-state index in [9.17, 15) is 18.8 Å². The zero-order chi connectivity index (χ0) is 24.6. The van der Waals surface area contributed by atoms with Crippen molar-refractivity contribution < 1.29 is 23.5 Å². The van der Waals surface area contributed by atoms with E-state index in [4.69, 9.17) is 4.74 Å². The second-order valence-corrected chi connectivity index (χ2v) is 8.56. The molecule has 7 nitrogen and oxygen atoms in total. The van der Waals surface area contributed by atoms with Crippen LogP contribution in [0.15, 0.2) is 78.9 Å². The smallest absolute Gasteiger partial charge is 0.325 e. The number of nitrogens with zero attached hydrogens (tertiary/aromatic N) is 2. The van der Waals surface area contributed by atoms with E-state index in [1.807, 2.05) is 36.4 Å². The molecule has 4 amide bonds. The fourth-order valence-electron chi connectivity index (χ4n) is 4.77. The van der Waals surface area contributed by atoms with Crippen LogP contribution >= 0.6 is 0 Å². The number of hydrogen-bond donors (Lipinski definition) is 1. The fraction of sp³-hybridized carbons (Fsp3) is 0.222. The summed E-state index contributed by atoms with van der Waals surface area (Å²) in [6.45, 7) is 1.56. The van der Waals surface area contributed by atoms with Crippen LogP contribution in [0.25, 0.3) is 0 Å². The number of carbonyl (C=O) groups is 3. The van der Waals surface area contributed by atoms with Crippen LogP contribution in [0.1, 0.15) is 30.5 Å². The number of benzene rings is 3. The second kappa shape index (κ2) is 8.87. The van der Waals surface area contributed by atoms with E-state index in [0.29, 0.717) is 17.0 Å². The number of imide groups is 1. The van der Waals surface area contributed by atoms with Gasteiger partial charge in [0, 0.05) is 0 Å². The standard InChI is InChI=1S/C27H24FN3O4/c1-2-27(19-12-14-20(28)15-13-19)25(33)30(26(34)29-27)16-24(32)31-21-10-6-7-11-23(21)35-17-22(31)18-8-4-3-5-9-18/h3-15,22H,2,16-17H2,1H3,(H,29,34)/t22-,27+/m1/s1. The maximum Gasteiger partial charge on any atom is 0.325 e. The highest BCUT2D eigenvalue weighted by Gasteiger charge is 2.52. The number of fused-ring (bicyclic) bond motifs is 1. The van der Waals surface area contributed by atoms with Crippen LogP contribution in [0.4, 0.5) is 14.9 Å². The number of halogens is 1. The Balaban J connectivity index is 1.47. The lowest BCUT2D eigenvalue weighted by Crippen LogP contribution is -2.48. The molecule has 5 rings (SSSR count). The minimum Gasteiger partial charge on any atom is -0.489 e. The predicted molar refractivity (Wildman–Crippen MR) is 127 cm³/mol. The Bertz CT molecular complexity index is 1280. The first-order chi connectivity index (χ1) is 16.9. The summed E-state index contributed by atoms with van der Waals surface area (Å²) < 4.78 is 19.4. The predicted octanol–water partition coefficient (Wildman–Crippen LogP) is 4.15. The number of urea groups is 1. The van der Waals surface area contributed by atoms with Gasteiger partial charge in [-0.3, -0.25) is 19.4 Å². The lowest BCUT2D eigenvalue weighted by atomic mass is 9.87. The van der Waals surface area contributed by atoms with E-state index >= 15 is 0 Å². The van der Waals surface area contributed by atoms with Gasteiger partial charge in [0.15, 0.2) is 0 Å². The summed E-state index contributed by atoms with van der Waals surface area (Å²) in [7, 11) is 0. The van der Waals surface area contributed by atoms with Crippen LogP contribution in [0.5, 0.6) is 5.75 Å². The second-order valence-electron chi connectivity index (χ2n) is 8.56. The number of amides is 4. The number of rotatable bonds is 5. The molecule has 0 saturated carbocycles. The molecule has 1 fully saturated rings. The van der Waals surface area contributed by atoms with Gasteiger partial charge in [-0.05, 0) is 41.8 Å². The third-order valence-corrected chi connectivity index (χ3v) is 6.62. The number of nitrogens with one attached hydrogen (secondary N) is 1. The zero-order valence-corrected chi connectivity index (χ0v) is 19.1. The quantitative estimate of drug-likeness (QED) is 0.565. The van der Waals surface area contributed by atoms with E-state index in [-0.39, 0.29) is 13.0 Å². The van der Waals surface area contributed by atoms with Gasteiger partial charge in [-0.2, -0.15) is 0 Å². The van der Waals surface area contributed by atoms with Gasteiger partial charge in [0.1, 0.15) is 30.3 Å². The van der Waals surface area contributed by atoms with E-state index in [2.05, 4.69) is 5.32 Å². The maximum absolute atomic E-state index is 13.7. The average Bonchev–Trinajstić information content (AvgIpc) is 3.14. The molecule has 178 valence electrons. The van der Waals surface area contributed by atoms with Crippen LogP contribution in [0.2, 0.25) is 0 Å². The third kappa shape index (κ3) is 3.80. The highest BCUT2D eigenvalue weighted by Crippen LogP contribution is 2.40. The highest BCUT2D eigenvalue weighted by molar-refractivity contribution is 6.11. The molecule has 35 heavy (non-hydrogen) atoms. The third-order valence-electron chi connectivity index (χ3n) is 6.62. The first-order valence-electron chi connectivity index (χ1n) is 11.4. The molecule has 2 heterocycles. The van der Waals surface area contributed by atoms with Gasteiger partial charge in [0.25, 0.3) is 5.91 Å². The van der Waals surface area contributed by atoms with Gasteiger partial charge in [0.2, 0.25) is 5.91 Å². The first kappa shape index (κ1) is 22.6. The molecule has 0 radical (unpaired) electrons. The van der Waals surface area contributed by atoms with Gasteiger partial charge < -0.3 is 10.1 Å². The lowest BCUT2D eigenvalue weighted by molar-refractivity contribution is -0.135. The molecule has 3 aromatic rings. The van der Waals surface area contributed by atoms with Crippen molar-refractivity contribution in [3.05, 3.63) is 95.8 Å². The van der Waals surface area contributed by atoms with Gasteiger partial charge in [-0.15, -0.1) is 0 Å². The van der Waals surface area contributed by atoms with Crippen molar-refractivity contribution in [3.8, 4) is 5.75 Å².